The van der Waals surface area contributed by atoms with Gasteiger partial charge in [0.1, 0.15) is 11.7 Å². The van der Waals surface area contributed by atoms with Gasteiger partial charge in [-0.05, 0) is 30.6 Å². The standard InChI is InChI=1S/C15H20O3/c1-9-5-4-6-11-7-12-15(17,8-14(9,11)3)10(2)13(16)18-12/h6,9,12,17H,2,4-5,7-8H2,1,3H3. The largest absolute Gasteiger partial charge is 0.455 e. The summed E-state index contributed by atoms with van der Waals surface area (Å²) in [6.45, 7) is 8.18. The molecule has 4 atom stereocenters. The lowest BCUT2D eigenvalue weighted by Crippen LogP contribution is -2.52. The second-order valence-corrected chi connectivity index (χ2v) is 6.30. The fourth-order valence-corrected chi connectivity index (χ4v) is 3.84. The van der Waals surface area contributed by atoms with Crippen LogP contribution in [0.15, 0.2) is 23.8 Å². The van der Waals surface area contributed by atoms with E-state index < -0.39 is 17.7 Å². The van der Waals surface area contributed by atoms with E-state index in [1.165, 1.54) is 5.57 Å². The van der Waals surface area contributed by atoms with Crippen LogP contribution in [0.1, 0.15) is 39.5 Å². The Hall–Kier alpha value is -1.09. The molecule has 3 nitrogen and oxygen atoms in total. The van der Waals surface area contributed by atoms with Crippen LogP contribution >= 0.6 is 0 Å². The zero-order valence-corrected chi connectivity index (χ0v) is 11.0. The normalized spacial score (nSPS) is 47.2. The van der Waals surface area contributed by atoms with Gasteiger partial charge in [0.15, 0.2) is 0 Å². The van der Waals surface area contributed by atoms with E-state index in [1.807, 2.05) is 0 Å². The van der Waals surface area contributed by atoms with Crippen molar-refractivity contribution >= 4 is 5.97 Å². The highest BCUT2D eigenvalue weighted by molar-refractivity contribution is 5.93. The predicted octanol–water partition coefficient (Wildman–Crippen LogP) is 2.36. The molecule has 0 aromatic carbocycles. The van der Waals surface area contributed by atoms with E-state index in [4.69, 9.17) is 4.74 Å². The van der Waals surface area contributed by atoms with Crippen molar-refractivity contribution in [2.45, 2.75) is 51.2 Å². The van der Waals surface area contributed by atoms with Gasteiger partial charge in [-0.3, -0.25) is 0 Å². The van der Waals surface area contributed by atoms with E-state index in [0.29, 0.717) is 18.8 Å². The molecule has 1 saturated carbocycles. The van der Waals surface area contributed by atoms with Gasteiger partial charge in [0.2, 0.25) is 0 Å². The third kappa shape index (κ3) is 1.31. The summed E-state index contributed by atoms with van der Waals surface area (Å²) in [4.78, 5) is 11.6. The van der Waals surface area contributed by atoms with Crippen molar-refractivity contribution in [3.05, 3.63) is 23.8 Å². The van der Waals surface area contributed by atoms with E-state index in [1.54, 1.807) is 0 Å². The molecule has 0 bridgehead atoms. The molecule has 0 amide bonds. The van der Waals surface area contributed by atoms with E-state index in [-0.39, 0.29) is 11.0 Å². The van der Waals surface area contributed by atoms with Crippen LogP contribution < -0.4 is 0 Å². The zero-order chi connectivity index (χ0) is 13.1. The molecular weight excluding hydrogens is 228 g/mol. The lowest BCUT2D eigenvalue weighted by molar-refractivity contribution is -0.144. The molecule has 1 aliphatic heterocycles. The van der Waals surface area contributed by atoms with Crippen LogP contribution in [0.5, 0.6) is 0 Å². The van der Waals surface area contributed by atoms with Crippen LogP contribution in [-0.2, 0) is 9.53 Å². The minimum absolute atomic E-state index is 0.0274. The van der Waals surface area contributed by atoms with Crippen LogP contribution in [0, 0.1) is 11.3 Å². The number of carbonyl (C=O) groups excluding carboxylic acids is 1. The van der Waals surface area contributed by atoms with E-state index in [9.17, 15) is 9.90 Å². The van der Waals surface area contributed by atoms with Gasteiger partial charge in [-0.2, -0.15) is 0 Å². The Labute approximate surface area is 108 Å². The average Bonchev–Trinajstić information content (AvgIpc) is 2.51. The lowest BCUT2D eigenvalue weighted by Gasteiger charge is -2.50. The molecule has 0 aromatic heterocycles. The molecule has 1 heterocycles. The Morgan fingerprint density at radius 3 is 3.00 bits per heavy atom. The summed E-state index contributed by atoms with van der Waals surface area (Å²) < 4.78 is 5.28. The summed E-state index contributed by atoms with van der Waals surface area (Å²) >= 11 is 0. The zero-order valence-electron chi connectivity index (χ0n) is 11.0. The molecule has 98 valence electrons. The second-order valence-electron chi connectivity index (χ2n) is 6.30. The van der Waals surface area contributed by atoms with Gasteiger partial charge in [-0.1, -0.05) is 32.1 Å². The summed E-state index contributed by atoms with van der Waals surface area (Å²) in [5.74, 6) is 0.0870. The molecule has 3 rings (SSSR count). The fourth-order valence-electron chi connectivity index (χ4n) is 3.84. The number of fused-ring (bicyclic) bond motifs is 2. The smallest absolute Gasteiger partial charge is 0.336 e. The molecule has 18 heavy (non-hydrogen) atoms. The van der Waals surface area contributed by atoms with Crippen molar-refractivity contribution in [3.8, 4) is 0 Å². The summed E-state index contributed by atoms with van der Waals surface area (Å²) in [5, 5.41) is 10.8. The summed E-state index contributed by atoms with van der Waals surface area (Å²) in [7, 11) is 0. The van der Waals surface area contributed by atoms with Crippen molar-refractivity contribution in [1.82, 2.24) is 0 Å². The van der Waals surface area contributed by atoms with Gasteiger partial charge >= 0.3 is 5.97 Å². The molecule has 2 fully saturated rings. The minimum atomic E-state index is -1.16. The maximum atomic E-state index is 11.6. The Morgan fingerprint density at radius 2 is 2.28 bits per heavy atom. The van der Waals surface area contributed by atoms with Crippen molar-refractivity contribution in [2.75, 3.05) is 0 Å². The molecule has 0 aromatic rings. The van der Waals surface area contributed by atoms with Crippen LogP contribution in [-0.4, -0.2) is 22.8 Å². The van der Waals surface area contributed by atoms with Gasteiger partial charge in [-0.15, -0.1) is 0 Å². The number of allylic oxidation sites excluding steroid dienone is 1. The van der Waals surface area contributed by atoms with Crippen molar-refractivity contribution in [2.24, 2.45) is 11.3 Å². The van der Waals surface area contributed by atoms with Gasteiger partial charge < -0.3 is 9.84 Å². The van der Waals surface area contributed by atoms with Crippen LogP contribution in [0.3, 0.4) is 0 Å². The SMILES string of the molecule is C=C1C(=O)OC2CC3=CCCC(C)C3(C)CC12O. The second kappa shape index (κ2) is 3.47. The highest BCUT2D eigenvalue weighted by atomic mass is 16.6. The Kier molecular flexibility index (Phi) is 2.31. The first-order valence-electron chi connectivity index (χ1n) is 6.70. The molecular formula is C15H20O3. The topological polar surface area (TPSA) is 46.5 Å². The van der Waals surface area contributed by atoms with Gasteiger partial charge in [0.25, 0.3) is 0 Å². The highest BCUT2D eigenvalue weighted by Gasteiger charge is 2.60. The average molecular weight is 248 g/mol. The molecule has 1 N–H and O–H groups in total. The van der Waals surface area contributed by atoms with Crippen molar-refractivity contribution in [3.63, 3.8) is 0 Å². The first kappa shape index (κ1) is 12.0. The van der Waals surface area contributed by atoms with Crippen LogP contribution in [0.25, 0.3) is 0 Å². The summed E-state index contributed by atoms with van der Waals surface area (Å²) in [5.41, 5.74) is 0.402. The number of esters is 1. The van der Waals surface area contributed by atoms with Crippen molar-refractivity contribution < 1.29 is 14.6 Å². The van der Waals surface area contributed by atoms with E-state index in [2.05, 4.69) is 26.5 Å². The first-order valence-corrected chi connectivity index (χ1v) is 6.70. The van der Waals surface area contributed by atoms with E-state index >= 15 is 0 Å². The third-order valence-corrected chi connectivity index (χ3v) is 5.40. The van der Waals surface area contributed by atoms with Gasteiger partial charge in [-0.25, -0.2) is 4.79 Å². The molecule has 0 spiro atoms. The Morgan fingerprint density at radius 1 is 1.56 bits per heavy atom. The number of hydrogen-bond donors (Lipinski definition) is 1. The molecule has 4 unspecified atom stereocenters. The first-order chi connectivity index (χ1) is 8.38. The fraction of sp³-hybridized carbons (Fsp3) is 0.667. The van der Waals surface area contributed by atoms with Crippen molar-refractivity contribution in [1.29, 1.82) is 0 Å². The van der Waals surface area contributed by atoms with Gasteiger partial charge in [0.05, 0.1) is 5.57 Å². The molecule has 1 saturated heterocycles. The minimum Gasteiger partial charge on any atom is -0.455 e. The Bertz CT molecular complexity index is 462. The maximum Gasteiger partial charge on any atom is 0.336 e. The monoisotopic (exact) mass is 248 g/mol. The molecule has 3 heteroatoms. The molecule has 2 aliphatic carbocycles. The van der Waals surface area contributed by atoms with Crippen LogP contribution in [0.2, 0.25) is 0 Å². The highest BCUT2D eigenvalue weighted by Crippen LogP contribution is 2.57. The molecule has 0 radical (unpaired) electrons. The van der Waals surface area contributed by atoms with E-state index in [0.717, 1.165) is 12.8 Å². The van der Waals surface area contributed by atoms with Crippen LogP contribution in [0.4, 0.5) is 0 Å². The number of hydrogen-bond acceptors (Lipinski definition) is 3. The maximum absolute atomic E-state index is 11.6. The third-order valence-electron chi connectivity index (χ3n) is 5.40. The summed E-state index contributed by atoms with van der Waals surface area (Å²) in [6.07, 6.45) is 5.29. The quantitative estimate of drug-likeness (QED) is 0.406. The lowest BCUT2D eigenvalue weighted by atomic mass is 9.56. The Balaban J connectivity index is 2.04. The van der Waals surface area contributed by atoms with Gasteiger partial charge in [0, 0.05) is 6.42 Å². The molecule has 3 aliphatic rings. The number of rotatable bonds is 0. The number of aliphatic hydroxyl groups is 1. The summed E-state index contributed by atoms with van der Waals surface area (Å²) in [6, 6.07) is 0. The number of carbonyl (C=O) groups is 1. The number of ether oxygens (including phenoxy) is 1. The predicted molar refractivity (Wildman–Crippen MR) is 67.8 cm³/mol.